The number of carbonyl (C=O) groups excluding carboxylic acids is 2. The quantitative estimate of drug-likeness (QED) is 0.392. The molecule has 2 atom stereocenters. The lowest BCUT2D eigenvalue weighted by molar-refractivity contribution is -0.141. The molecule has 0 aliphatic carbocycles. The normalized spacial score (nSPS) is 13.6. The number of nitrogens with one attached hydrogen (secondary N) is 1. The van der Waals surface area contributed by atoms with Crippen molar-refractivity contribution in [3.05, 3.63) is 95.1 Å². The van der Waals surface area contributed by atoms with E-state index in [2.05, 4.69) is 5.32 Å². The molecule has 0 spiro atoms. The van der Waals surface area contributed by atoms with Crippen LogP contribution in [0.1, 0.15) is 48.9 Å². The van der Waals surface area contributed by atoms with Crippen LogP contribution >= 0.6 is 0 Å². The number of benzene rings is 3. The van der Waals surface area contributed by atoms with Gasteiger partial charge in [0.2, 0.25) is 18.6 Å². The molecule has 37 heavy (non-hydrogen) atoms. The smallest absolute Gasteiger partial charge is 0.243 e. The summed E-state index contributed by atoms with van der Waals surface area (Å²) in [5, 5.41) is 3.12. The van der Waals surface area contributed by atoms with E-state index in [1.807, 2.05) is 93.6 Å². The van der Waals surface area contributed by atoms with Gasteiger partial charge in [-0.1, -0.05) is 67.6 Å². The summed E-state index contributed by atoms with van der Waals surface area (Å²) < 4.78 is 10.9. The minimum Gasteiger partial charge on any atom is -0.454 e. The highest BCUT2D eigenvalue weighted by atomic mass is 16.7. The highest BCUT2D eigenvalue weighted by Gasteiger charge is 2.31. The molecule has 0 radical (unpaired) electrons. The van der Waals surface area contributed by atoms with Crippen molar-refractivity contribution in [1.29, 1.82) is 0 Å². The number of fused-ring (bicyclic) bond motifs is 1. The van der Waals surface area contributed by atoms with Crippen molar-refractivity contribution < 1.29 is 19.1 Å². The second-order valence-corrected chi connectivity index (χ2v) is 9.66. The Morgan fingerprint density at radius 2 is 1.68 bits per heavy atom. The van der Waals surface area contributed by atoms with Crippen molar-refractivity contribution in [2.75, 3.05) is 6.79 Å². The van der Waals surface area contributed by atoms with E-state index >= 15 is 0 Å². The van der Waals surface area contributed by atoms with Crippen molar-refractivity contribution in [2.24, 2.45) is 0 Å². The Kier molecular flexibility index (Phi) is 8.83. The van der Waals surface area contributed by atoms with E-state index in [9.17, 15) is 9.59 Å². The van der Waals surface area contributed by atoms with E-state index in [1.54, 1.807) is 4.90 Å². The molecule has 6 nitrogen and oxygen atoms in total. The average Bonchev–Trinajstić information content (AvgIpc) is 3.38. The van der Waals surface area contributed by atoms with Crippen molar-refractivity contribution in [1.82, 2.24) is 10.2 Å². The number of carbonyl (C=O) groups is 2. The highest BCUT2D eigenvalue weighted by Crippen LogP contribution is 2.33. The zero-order chi connectivity index (χ0) is 26.2. The molecule has 0 saturated carbocycles. The lowest BCUT2D eigenvalue weighted by atomic mass is 10.00. The van der Waals surface area contributed by atoms with Gasteiger partial charge in [0.05, 0.1) is 0 Å². The van der Waals surface area contributed by atoms with E-state index in [0.717, 1.165) is 34.4 Å². The molecule has 0 aromatic heterocycles. The molecule has 0 bridgehead atoms. The Hall–Kier alpha value is -3.80. The summed E-state index contributed by atoms with van der Waals surface area (Å²) in [4.78, 5) is 29.2. The lowest BCUT2D eigenvalue weighted by Crippen LogP contribution is -2.52. The van der Waals surface area contributed by atoms with Crippen LogP contribution in [0.15, 0.2) is 72.8 Å². The maximum Gasteiger partial charge on any atom is 0.243 e. The third-order valence-corrected chi connectivity index (χ3v) is 6.94. The van der Waals surface area contributed by atoms with Gasteiger partial charge >= 0.3 is 0 Å². The van der Waals surface area contributed by atoms with Gasteiger partial charge in [0.15, 0.2) is 11.5 Å². The van der Waals surface area contributed by atoms with Crippen molar-refractivity contribution >= 4 is 11.8 Å². The van der Waals surface area contributed by atoms with E-state index in [4.69, 9.17) is 9.47 Å². The monoisotopic (exact) mass is 500 g/mol. The molecule has 1 heterocycles. The molecule has 0 saturated heterocycles. The number of ether oxygens (including phenoxy) is 2. The summed E-state index contributed by atoms with van der Waals surface area (Å²) in [5.41, 5.74) is 4.15. The van der Waals surface area contributed by atoms with Gasteiger partial charge in [0.1, 0.15) is 6.04 Å². The van der Waals surface area contributed by atoms with Crippen LogP contribution < -0.4 is 14.8 Å². The number of aryl methyl sites for hydroxylation is 2. The molecule has 0 fully saturated rings. The zero-order valence-corrected chi connectivity index (χ0v) is 21.9. The Bertz CT molecular complexity index is 1210. The molecule has 1 N–H and O–H groups in total. The Labute approximate surface area is 219 Å². The predicted molar refractivity (Wildman–Crippen MR) is 144 cm³/mol. The molecule has 0 unspecified atom stereocenters. The minimum absolute atomic E-state index is 0.0230. The van der Waals surface area contributed by atoms with Gasteiger partial charge in [-0.05, 0) is 61.1 Å². The topological polar surface area (TPSA) is 67.9 Å². The molecular weight excluding hydrogens is 464 g/mol. The molecule has 6 heteroatoms. The summed E-state index contributed by atoms with van der Waals surface area (Å²) >= 11 is 0. The van der Waals surface area contributed by atoms with Gasteiger partial charge in [0, 0.05) is 25.4 Å². The van der Waals surface area contributed by atoms with Crippen LogP contribution in [0, 0.1) is 6.92 Å². The number of hydrogen-bond acceptors (Lipinski definition) is 4. The van der Waals surface area contributed by atoms with Crippen molar-refractivity contribution in [2.45, 2.75) is 65.1 Å². The van der Waals surface area contributed by atoms with Gasteiger partial charge in [-0.25, -0.2) is 0 Å². The molecule has 3 aromatic carbocycles. The third kappa shape index (κ3) is 6.91. The second-order valence-electron chi connectivity index (χ2n) is 9.66. The summed E-state index contributed by atoms with van der Waals surface area (Å²) in [6.07, 6.45) is 2.10. The third-order valence-electron chi connectivity index (χ3n) is 6.94. The first kappa shape index (κ1) is 26.3. The first-order chi connectivity index (χ1) is 17.9. The molecule has 194 valence electrons. The first-order valence-electron chi connectivity index (χ1n) is 13.0. The van der Waals surface area contributed by atoms with Crippen LogP contribution in [-0.4, -0.2) is 35.6 Å². The van der Waals surface area contributed by atoms with Gasteiger partial charge in [-0.15, -0.1) is 0 Å². The standard InChI is InChI=1S/C31H36N2O4/c1-4-23(3)32-31(35)27(18-24-11-6-5-7-12-24)33(20-26-13-9-8-10-22(26)2)30(34)17-15-25-14-16-28-29(19-25)37-21-36-28/h5-14,16,19,23,27H,4,15,17-18,20-21H2,1-3H3,(H,32,35)/t23-,27-/m0/s1. The maximum atomic E-state index is 13.8. The SMILES string of the molecule is CC[C@H](C)NC(=O)[C@H](Cc1ccccc1)N(Cc1ccccc1C)C(=O)CCc1ccc2c(c1)OCO2. The summed E-state index contributed by atoms with van der Waals surface area (Å²) in [5.74, 6) is 1.25. The van der Waals surface area contributed by atoms with Gasteiger partial charge in [0.25, 0.3) is 0 Å². The Morgan fingerprint density at radius 1 is 0.946 bits per heavy atom. The first-order valence-corrected chi connectivity index (χ1v) is 13.0. The Morgan fingerprint density at radius 3 is 2.43 bits per heavy atom. The maximum absolute atomic E-state index is 13.8. The van der Waals surface area contributed by atoms with Crippen molar-refractivity contribution in [3.8, 4) is 11.5 Å². The summed E-state index contributed by atoms with van der Waals surface area (Å²) in [6.45, 7) is 6.66. The fourth-order valence-corrected chi connectivity index (χ4v) is 4.46. The van der Waals surface area contributed by atoms with Crippen LogP contribution in [-0.2, 0) is 29.0 Å². The van der Waals surface area contributed by atoms with Crippen molar-refractivity contribution in [3.63, 3.8) is 0 Å². The van der Waals surface area contributed by atoms with Gasteiger partial charge in [-0.2, -0.15) is 0 Å². The number of rotatable bonds is 11. The molecule has 1 aliphatic rings. The zero-order valence-electron chi connectivity index (χ0n) is 21.9. The van der Waals surface area contributed by atoms with Gasteiger partial charge in [-0.3, -0.25) is 9.59 Å². The second kappa shape index (κ2) is 12.4. The van der Waals surface area contributed by atoms with E-state index < -0.39 is 6.04 Å². The molecular formula is C31H36N2O4. The minimum atomic E-state index is -0.625. The van der Waals surface area contributed by atoms with E-state index in [1.165, 1.54) is 0 Å². The fraction of sp³-hybridized carbons (Fsp3) is 0.355. The molecule has 4 rings (SSSR count). The van der Waals surface area contributed by atoms with Crippen LogP contribution in [0.5, 0.6) is 11.5 Å². The number of nitrogens with zero attached hydrogens (tertiary/aromatic N) is 1. The highest BCUT2D eigenvalue weighted by molar-refractivity contribution is 5.88. The van der Waals surface area contributed by atoms with Crippen LogP contribution in [0.2, 0.25) is 0 Å². The number of hydrogen-bond donors (Lipinski definition) is 1. The van der Waals surface area contributed by atoms with Gasteiger partial charge < -0.3 is 19.7 Å². The van der Waals surface area contributed by atoms with Crippen LogP contribution in [0.25, 0.3) is 0 Å². The largest absolute Gasteiger partial charge is 0.454 e. The van der Waals surface area contributed by atoms with E-state index in [-0.39, 0.29) is 31.1 Å². The molecule has 2 amide bonds. The average molecular weight is 501 g/mol. The number of amides is 2. The molecule has 1 aliphatic heterocycles. The lowest BCUT2D eigenvalue weighted by Gasteiger charge is -2.33. The summed E-state index contributed by atoms with van der Waals surface area (Å²) in [7, 11) is 0. The summed E-state index contributed by atoms with van der Waals surface area (Å²) in [6, 6.07) is 23.1. The van der Waals surface area contributed by atoms with E-state index in [0.29, 0.717) is 25.1 Å². The van der Waals surface area contributed by atoms with Crippen LogP contribution in [0.3, 0.4) is 0 Å². The fourth-order valence-electron chi connectivity index (χ4n) is 4.46. The van der Waals surface area contributed by atoms with Crippen LogP contribution in [0.4, 0.5) is 0 Å². The molecule has 3 aromatic rings. The predicted octanol–water partition coefficient (Wildman–Crippen LogP) is 5.21. The Balaban J connectivity index is 1.61.